The Balaban J connectivity index is 1.93. The van der Waals surface area contributed by atoms with Crippen molar-refractivity contribution in [1.82, 2.24) is 19.3 Å². The Morgan fingerprint density at radius 2 is 2.00 bits per heavy atom. The van der Waals surface area contributed by atoms with E-state index < -0.39 is 36.6 Å². The summed E-state index contributed by atoms with van der Waals surface area (Å²) >= 11 is 0. The van der Waals surface area contributed by atoms with E-state index >= 15 is 0 Å². The first kappa shape index (κ1) is 23.6. The number of rotatable bonds is 7. The third-order valence-electron chi connectivity index (χ3n) is 5.35. The lowest BCUT2D eigenvalue weighted by Crippen LogP contribution is -2.35. The molecule has 1 atom stereocenters. The van der Waals surface area contributed by atoms with Gasteiger partial charge in [0.15, 0.2) is 5.75 Å². The minimum atomic E-state index is -4.82. The van der Waals surface area contributed by atoms with Crippen molar-refractivity contribution in [2.45, 2.75) is 51.4 Å². The molecule has 13 heteroatoms. The molecule has 3 heterocycles. The number of halogens is 5. The number of nitrogens with one attached hydrogen (secondary N) is 1. The van der Waals surface area contributed by atoms with Crippen LogP contribution in [0.4, 0.5) is 27.8 Å². The van der Waals surface area contributed by atoms with Crippen molar-refractivity contribution >= 4 is 22.6 Å². The van der Waals surface area contributed by atoms with Crippen LogP contribution in [-0.4, -0.2) is 44.4 Å². The Morgan fingerprint density at radius 3 is 2.59 bits per heavy atom. The molecule has 34 heavy (non-hydrogen) atoms. The predicted molar refractivity (Wildman–Crippen MR) is 112 cm³/mol. The van der Waals surface area contributed by atoms with Crippen molar-refractivity contribution in [3.8, 4) is 17.0 Å². The molecule has 3 aromatic heterocycles. The molecule has 0 spiro atoms. The molecule has 1 aliphatic rings. The molecule has 1 aliphatic carbocycles. The summed E-state index contributed by atoms with van der Waals surface area (Å²) in [5, 5.41) is 6.97. The van der Waals surface area contributed by atoms with Crippen molar-refractivity contribution in [2.75, 3.05) is 11.9 Å². The van der Waals surface area contributed by atoms with Gasteiger partial charge in [-0.15, -0.1) is 0 Å². The quantitative estimate of drug-likeness (QED) is 0.504. The molecule has 8 nitrogen and oxygen atoms in total. The third-order valence-corrected chi connectivity index (χ3v) is 5.35. The zero-order valence-electron chi connectivity index (χ0n) is 18.1. The minimum absolute atomic E-state index is 0.0793. The average Bonchev–Trinajstić information content (AvgIpc) is 3.52. The van der Waals surface area contributed by atoms with Gasteiger partial charge in [-0.1, -0.05) is 0 Å². The van der Waals surface area contributed by atoms with Crippen molar-refractivity contribution in [3.63, 3.8) is 0 Å². The largest absolute Gasteiger partial charge is 0.482 e. The number of fused-ring (bicyclic) bond motifs is 1. The van der Waals surface area contributed by atoms with Crippen LogP contribution in [0.2, 0.25) is 0 Å². The topological polar surface area (TPSA) is 91.0 Å². The summed E-state index contributed by atoms with van der Waals surface area (Å²) in [4.78, 5) is 28.2. The van der Waals surface area contributed by atoms with Gasteiger partial charge in [-0.25, -0.2) is 18.4 Å². The van der Waals surface area contributed by atoms with Crippen molar-refractivity contribution < 1.29 is 31.5 Å². The summed E-state index contributed by atoms with van der Waals surface area (Å²) in [6.45, 7) is 0.867. The van der Waals surface area contributed by atoms with E-state index in [2.05, 4.69) is 15.4 Å². The zero-order valence-corrected chi connectivity index (χ0v) is 18.1. The highest BCUT2D eigenvalue weighted by molar-refractivity contribution is 5.98. The van der Waals surface area contributed by atoms with E-state index in [9.17, 15) is 31.5 Å². The summed E-state index contributed by atoms with van der Waals surface area (Å²) in [7, 11) is 0. The number of carbonyl (C=O) groups is 1. The number of aromatic nitrogens is 4. The maximum Gasteiger partial charge on any atom is 0.410 e. The van der Waals surface area contributed by atoms with Crippen LogP contribution in [0.5, 0.6) is 5.75 Å². The van der Waals surface area contributed by atoms with Crippen LogP contribution in [0.3, 0.4) is 0 Å². The summed E-state index contributed by atoms with van der Waals surface area (Å²) in [6, 6.07) is 0.408. The maximum absolute atomic E-state index is 13.4. The van der Waals surface area contributed by atoms with E-state index in [1.807, 2.05) is 4.57 Å². The molecule has 1 N–H and O–H groups in total. The number of anilines is 1. The van der Waals surface area contributed by atoms with Crippen LogP contribution in [0.1, 0.15) is 38.8 Å². The summed E-state index contributed by atoms with van der Waals surface area (Å²) < 4.78 is 72.6. The highest BCUT2D eigenvalue weighted by atomic mass is 19.4. The van der Waals surface area contributed by atoms with Gasteiger partial charge in [0.05, 0.1) is 17.4 Å². The molecule has 3 aromatic rings. The molecule has 0 radical (unpaired) electrons. The second-order valence-corrected chi connectivity index (χ2v) is 8.01. The highest BCUT2D eigenvalue weighted by Gasteiger charge is 2.39. The number of ether oxygens (including phenoxy) is 1. The maximum atomic E-state index is 13.4. The molecule has 0 aliphatic heterocycles. The van der Waals surface area contributed by atoms with Gasteiger partial charge in [0.2, 0.25) is 5.91 Å². The van der Waals surface area contributed by atoms with Gasteiger partial charge < -0.3 is 14.6 Å². The van der Waals surface area contributed by atoms with Crippen LogP contribution >= 0.6 is 0 Å². The first-order valence-electron chi connectivity index (χ1n) is 10.4. The first-order valence-corrected chi connectivity index (χ1v) is 10.4. The number of nitrogens with zero attached hydrogens (tertiary/aromatic N) is 4. The van der Waals surface area contributed by atoms with E-state index in [1.165, 1.54) is 19.2 Å². The molecular formula is C21H20F5N5O3. The lowest BCUT2D eigenvalue weighted by Gasteiger charge is -2.19. The Morgan fingerprint density at radius 1 is 1.29 bits per heavy atom. The molecule has 0 saturated heterocycles. The Hall–Kier alpha value is -3.51. The normalized spacial score (nSPS) is 15.1. The van der Waals surface area contributed by atoms with Gasteiger partial charge in [0, 0.05) is 36.2 Å². The second kappa shape index (κ2) is 8.69. The number of alkyl halides is 5. The monoisotopic (exact) mass is 485 g/mol. The van der Waals surface area contributed by atoms with Crippen molar-refractivity contribution in [1.29, 1.82) is 0 Å². The zero-order chi connectivity index (χ0) is 24.8. The molecule has 1 fully saturated rings. The lowest BCUT2D eigenvalue weighted by molar-refractivity contribution is -0.166. The number of pyridine rings is 1. The van der Waals surface area contributed by atoms with Gasteiger partial charge in [-0.3, -0.25) is 9.59 Å². The van der Waals surface area contributed by atoms with Crippen LogP contribution in [-0.2, 0) is 4.79 Å². The van der Waals surface area contributed by atoms with Crippen molar-refractivity contribution in [3.05, 3.63) is 34.9 Å². The summed E-state index contributed by atoms with van der Waals surface area (Å²) in [5.74, 6) is -0.839. The fourth-order valence-corrected chi connectivity index (χ4v) is 3.53. The molecule has 0 aromatic carbocycles. The highest BCUT2D eigenvalue weighted by Crippen LogP contribution is 2.41. The smallest absolute Gasteiger partial charge is 0.410 e. The minimum Gasteiger partial charge on any atom is -0.482 e. The summed E-state index contributed by atoms with van der Waals surface area (Å²) in [6.07, 6.45) is -2.80. The Kier molecular flexibility index (Phi) is 6.04. The van der Waals surface area contributed by atoms with E-state index in [1.54, 1.807) is 6.20 Å². The van der Waals surface area contributed by atoms with Crippen LogP contribution < -0.4 is 15.6 Å². The van der Waals surface area contributed by atoms with Crippen LogP contribution in [0.25, 0.3) is 22.2 Å². The van der Waals surface area contributed by atoms with Gasteiger partial charge in [0.25, 0.3) is 6.43 Å². The number of amides is 1. The average molecular weight is 485 g/mol. The standard InChI is InChI=1S/C21H20F5N5O3/c1-10(21(24,25)26)31-20(33)17(34-9-18(22)23)6-15(29-31)14-8-30(12-3-4-12)16-7-27-19(5-13(14)16)28-11(2)32/h5-8,10,12,18H,3-4,9H2,1-2H3,(H,27,28,32). The van der Waals surface area contributed by atoms with Gasteiger partial charge in [-0.05, 0) is 25.8 Å². The number of hydrogen-bond acceptors (Lipinski definition) is 5. The molecular weight excluding hydrogens is 465 g/mol. The van der Waals surface area contributed by atoms with E-state index in [0.29, 0.717) is 16.5 Å². The van der Waals surface area contributed by atoms with Gasteiger partial charge >= 0.3 is 11.7 Å². The van der Waals surface area contributed by atoms with Crippen molar-refractivity contribution in [2.24, 2.45) is 0 Å². The van der Waals surface area contributed by atoms with E-state index in [-0.39, 0.29) is 28.1 Å². The van der Waals surface area contributed by atoms with Gasteiger partial charge in [-0.2, -0.15) is 18.3 Å². The third kappa shape index (κ3) is 4.73. The molecule has 4 rings (SSSR count). The predicted octanol–water partition coefficient (Wildman–Crippen LogP) is 4.32. The molecule has 182 valence electrons. The fourth-order valence-electron chi connectivity index (χ4n) is 3.53. The van der Waals surface area contributed by atoms with E-state index in [4.69, 9.17) is 4.74 Å². The molecule has 0 bridgehead atoms. The second-order valence-electron chi connectivity index (χ2n) is 8.01. The molecule has 1 saturated carbocycles. The first-order chi connectivity index (χ1) is 16.0. The fraction of sp³-hybridized carbons (Fsp3) is 0.429. The Labute approximate surface area is 189 Å². The van der Waals surface area contributed by atoms with Gasteiger partial charge in [0.1, 0.15) is 18.5 Å². The van der Waals surface area contributed by atoms with Crippen LogP contribution in [0.15, 0.2) is 29.3 Å². The SMILES string of the molecule is CC(=O)Nc1cc2c(-c3cc(OCC(F)F)c(=O)n(C(C)C(F)(F)F)n3)cn(C3CC3)c2cn1. The number of hydrogen-bond donors (Lipinski definition) is 1. The Bertz CT molecular complexity index is 1300. The molecule has 1 amide bonds. The molecule has 1 unspecified atom stereocenters. The lowest BCUT2D eigenvalue weighted by atomic mass is 10.1. The van der Waals surface area contributed by atoms with Crippen LogP contribution in [0, 0.1) is 0 Å². The summed E-state index contributed by atoms with van der Waals surface area (Å²) in [5.41, 5.74) is -0.379. The number of carbonyl (C=O) groups excluding carboxylic acids is 1. The van der Waals surface area contributed by atoms with E-state index in [0.717, 1.165) is 25.8 Å².